The average Bonchev–Trinajstić information content (AvgIpc) is 3.33. The number of β-amino-alcohol motifs (C(OH)–C–C–N with tert-alkyl or cyclic N) is 1. The Morgan fingerprint density at radius 3 is 2.84 bits per heavy atom. The van der Waals surface area contributed by atoms with Crippen LogP contribution in [-0.4, -0.2) is 45.9 Å². The Kier molecular flexibility index (Phi) is 5.71. The van der Waals surface area contributed by atoms with E-state index in [1.165, 1.54) is 30.6 Å². The molecule has 7 nitrogen and oxygen atoms in total. The molecule has 0 radical (unpaired) electrons. The summed E-state index contributed by atoms with van der Waals surface area (Å²) in [5.41, 5.74) is 2.87. The first-order chi connectivity index (χ1) is 15.6. The second-order valence-corrected chi connectivity index (χ2v) is 9.33. The number of aliphatic hydroxyl groups excluding tert-OH is 1. The molecule has 0 bridgehead atoms. The van der Waals surface area contributed by atoms with E-state index in [0.29, 0.717) is 53.2 Å². The molecule has 1 saturated heterocycles. The van der Waals surface area contributed by atoms with Crippen molar-refractivity contribution in [1.82, 2.24) is 15.2 Å². The zero-order valence-corrected chi connectivity index (χ0v) is 18.6. The molecule has 1 unspecified atom stereocenters. The molecule has 1 saturated carbocycles. The summed E-state index contributed by atoms with van der Waals surface area (Å²) >= 11 is 7.84. The molecule has 3 N–H and O–H groups in total. The third kappa shape index (κ3) is 3.92. The second kappa shape index (κ2) is 8.65. The van der Waals surface area contributed by atoms with Crippen LogP contribution < -0.4 is 10.2 Å². The Labute approximate surface area is 192 Å². The Bertz CT molecular complexity index is 1300. The van der Waals surface area contributed by atoms with E-state index < -0.39 is 11.9 Å². The van der Waals surface area contributed by atoms with Crippen LogP contribution in [0.3, 0.4) is 0 Å². The van der Waals surface area contributed by atoms with Crippen molar-refractivity contribution in [2.24, 2.45) is 0 Å². The fraction of sp³-hybridized carbons (Fsp3) is 0.318. The van der Waals surface area contributed by atoms with Crippen LogP contribution in [0.4, 0.5) is 15.2 Å². The molecule has 2 aliphatic rings. The van der Waals surface area contributed by atoms with Gasteiger partial charge in [-0.3, -0.25) is 9.89 Å². The summed E-state index contributed by atoms with van der Waals surface area (Å²) in [5.74, 6) is -0.541. The number of carbonyl (C=O) groups is 1. The zero-order valence-electron chi connectivity index (χ0n) is 17.1. The molecule has 3 heterocycles. The van der Waals surface area contributed by atoms with E-state index in [-0.39, 0.29) is 5.02 Å². The van der Waals surface area contributed by atoms with Crippen molar-refractivity contribution in [3.63, 3.8) is 0 Å². The number of thiazole rings is 1. The Morgan fingerprint density at radius 2 is 2.16 bits per heavy atom. The molecule has 32 heavy (non-hydrogen) atoms. The number of benzene rings is 2. The van der Waals surface area contributed by atoms with Crippen LogP contribution in [0.2, 0.25) is 5.02 Å². The van der Waals surface area contributed by atoms with E-state index in [9.17, 15) is 9.90 Å². The number of aromatic amines is 1. The van der Waals surface area contributed by atoms with Gasteiger partial charge in [-0.25, -0.2) is 9.37 Å². The molecular weight excluding hydrogens is 453 g/mol. The van der Waals surface area contributed by atoms with Crippen LogP contribution in [-0.2, 0) is 4.79 Å². The minimum absolute atomic E-state index is 0.00500. The fourth-order valence-electron chi connectivity index (χ4n) is 3.81. The van der Waals surface area contributed by atoms with E-state index in [4.69, 9.17) is 11.6 Å². The van der Waals surface area contributed by atoms with Crippen molar-refractivity contribution < 1.29 is 14.3 Å². The number of amides is 1. The van der Waals surface area contributed by atoms with Gasteiger partial charge in [-0.05, 0) is 24.1 Å². The molecule has 0 spiro atoms. The van der Waals surface area contributed by atoms with Crippen LogP contribution >= 0.6 is 22.9 Å². The second-order valence-electron chi connectivity index (χ2n) is 7.92. The van der Waals surface area contributed by atoms with Crippen LogP contribution in [0.25, 0.3) is 32.2 Å². The van der Waals surface area contributed by atoms with E-state index in [2.05, 4.69) is 20.5 Å². The van der Waals surface area contributed by atoms with Gasteiger partial charge in [0.2, 0.25) is 6.41 Å². The number of anilines is 2. The summed E-state index contributed by atoms with van der Waals surface area (Å²) < 4.78 is 16.2. The summed E-state index contributed by atoms with van der Waals surface area (Å²) in [7, 11) is 0. The number of H-pyrrole nitrogens is 1. The third-order valence-electron chi connectivity index (χ3n) is 5.46. The van der Waals surface area contributed by atoms with Crippen molar-refractivity contribution in [3.05, 3.63) is 35.2 Å². The number of nitrogens with zero attached hydrogens (tertiary/aromatic N) is 3. The number of rotatable bonds is 4. The normalized spacial score (nSPS) is 17.5. The molecule has 1 amide bonds. The number of aliphatic hydroxyl groups is 1. The van der Waals surface area contributed by atoms with Crippen molar-refractivity contribution in [2.45, 2.75) is 31.8 Å². The fourth-order valence-corrected chi connectivity index (χ4v) is 4.98. The van der Waals surface area contributed by atoms with Crippen molar-refractivity contribution >= 4 is 61.3 Å². The number of aromatic nitrogens is 3. The third-order valence-corrected chi connectivity index (χ3v) is 6.76. The molecule has 2 aromatic heterocycles. The highest BCUT2D eigenvalue weighted by molar-refractivity contribution is 7.22. The van der Waals surface area contributed by atoms with Gasteiger partial charge < -0.3 is 15.3 Å². The summed E-state index contributed by atoms with van der Waals surface area (Å²) in [6.45, 7) is 0.890. The van der Waals surface area contributed by atoms with Crippen LogP contribution in [0.5, 0.6) is 0 Å². The minimum atomic E-state index is -0.541. The number of halogens is 2. The smallest absolute Gasteiger partial charge is 0.213 e. The summed E-state index contributed by atoms with van der Waals surface area (Å²) in [5, 5.41) is 20.6. The minimum Gasteiger partial charge on any atom is -0.391 e. The van der Waals surface area contributed by atoms with E-state index in [1.807, 2.05) is 18.2 Å². The van der Waals surface area contributed by atoms with Gasteiger partial charge in [-0.1, -0.05) is 48.3 Å². The highest BCUT2D eigenvalue weighted by Crippen LogP contribution is 2.44. The average molecular weight is 474 g/mol. The lowest BCUT2D eigenvalue weighted by Crippen LogP contribution is -2.23. The van der Waals surface area contributed by atoms with Crippen molar-refractivity contribution in [1.29, 1.82) is 0 Å². The van der Waals surface area contributed by atoms with Gasteiger partial charge in [0.1, 0.15) is 5.69 Å². The molecule has 166 valence electrons. The largest absolute Gasteiger partial charge is 0.391 e. The lowest BCUT2D eigenvalue weighted by Gasteiger charge is -2.21. The van der Waals surface area contributed by atoms with E-state index in [1.54, 1.807) is 11.1 Å². The predicted octanol–water partition coefficient (Wildman–Crippen LogP) is 4.94. The quantitative estimate of drug-likeness (QED) is 0.365. The summed E-state index contributed by atoms with van der Waals surface area (Å²) in [6, 6.07) is 5.50. The van der Waals surface area contributed by atoms with Crippen LogP contribution in [0.15, 0.2) is 24.4 Å². The maximum Gasteiger partial charge on any atom is 0.213 e. The summed E-state index contributed by atoms with van der Waals surface area (Å²) in [4.78, 5) is 16.8. The number of hydrogen-bond acceptors (Lipinski definition) is 6. The Hall–Kier alpha value is -2.75. The zero-order chi connectivity index (χ0) is 22.2. The molecule has 1 atom stereocenters. The lowest BCUT2D eigenvalue weighted by molar-refractivity contribution is -0.105. The Balaban J connectivity index is 0.000000666. The van der Waals surface area contributed by atoms with Gasteiger partial charge >= 0.3 is 0 Å². The van der Waals surface area contributed by atoms with Crippen LogP contribution in [0, 0.1) is 5.82 Å². The molecule has 1 aliphatic heterocycles. The van der Waals surface area contributed by atoms with Gasteiger partial charge in [0.05, 0.1) is 33.1 Å². The SMILES string of the molecule is C1CC1.O=CNc1nc2ccc(-c3c(Cl)c(F)c(N4CCC(O)C4)c4[nH]ncc34)cc2s1. The van der Waals surface area contributed by atoms with E-state index in [0.717, 1.165) is 15.8 Å². The predicted molar refractivity (Wildman–Crippen MR) is 126 cm³/mol. The maximum atomic E-state index is 15.4. The van der Waals surface area contributed by atoms with Gasteiger partial charge in [0, 0.05) is 24.0 Å². The molecule has 2 fully saturated rings. The van der Waals surface area contributed by atoms with Crippen molar-refractivity contribution in [3.8, 4) is 11.1 Å². The molecule has 4 aromatic rings. The first-order valence-electron chi connectivity index (χ1n) is 10.4. The number of carbonyl (C=O) groups excluding carboxylic acids is 1. The summed E-state index contributed by atoms with van der Waals surface area (Å²) in [6.07, 6.45) is 6.79. The molecule has 6 rings (SSSR count). The van der Waals surface area contributed by atoms with Gasteiger partial charge in [0.25, 0.3) is 0 Å². The van der Waals surface area contributed by atoms with E-state index >= 15 is 4.39 Å². The topological polar surface area (TPSA) is 94.1 Å². The monoisotopic (exact) mass is 473 g/mol. The van der Waals surface area contributed by atoms with Gasteiger partial charge in [0.15, 0.2) is 10.9 Å². The number of nitrogens with one attached hydrogen (secondary N) is 2. The molecule has 2 aromatic carbocycles. The first kappa shape index (κ1) is 21.1. The highest BCUT2D eigenvalue weighted by Gasteiger charge is 2.29. The van der Waals surface area contributed by atoms with Gasteiger partial charge in [-0.15, -0.1) is 0 Å². The molecular formula is C22H21ClFN5O2S. The lowest BCUT2D eigenvalue weighted by atomic mass is 10.00. The first-order valence-corrected chi connectivity index (χ1v) is 11.6. The van der Waals surface area contributed by atoms with Gasteiger partial charge in [-0.2, -0.15) is 5.10 Å². The maximum absolute atomic E-state index is 15.4. The molecule has 1 aliphatic carbocycles. The number of fused-ring (bicyclic) bond motifs is 2. The van der Waals surface area contributed by atoms with Crippen molar-refractivity contribution in [2.75, 3.05) is 23.3 Å². The number of hydrogen-bond donors (Lipinski definition) is 3. The molecule has 10 heteroatoms. The Morgan fingerprint density at radius 1 is 1.34 bits per heavy atom. The standard InChI is InChI=1S/C19H15ClFN5O2S.C3H6/c20-15-14(9-1-2-12-13(5-9)29-19(24-12)22-8-27)11-6-23-25-17(11)18(16(15)21)26-4-3-10(28)7-26;1-2-3-1/h1-2,5-6,8,10,28H,3-4,7H2,(H,23,25)(H,22,24,27);1-3H2. The highest BCUT2D eigenvalue weighted by atomic mass is 35.5. The van der Waals surface area contributed by atoms with Crippen LogP contribution in [0.1, 0.15) is 25.7 Å².